The van der Waals surface area contributed by atoms with Crippen molar-refractivity contribution in [2.45, 2.75) is 91.9 Å². The zero-order chi connectivity index (χ0) is 26.5. The third-order valence-corrected chi connectivity index (χ3v) is 12.3. The molecule has 0 aliphatic carbocycles. The van der Waals surface area contributed by atoms with Crippen LogP contribution < -0.4 is 0 Å². The number of benzene rings is 1. The molecule has 0 spiro atoms. The van der Waals surface area contributed by atoms with Crippen molar-refractivity contribution in [3.05, 3.63) is 56.9 Å². The number of fused-ring (bicyclic) bond motifs is 3. The SMILES string of the molecule is CCCCC(CC)Cc1ccc(-c2cc3scc(-c4ccc(CC(CC)CCCC)s4)c3c3sccc23)s1. The zero-order valence-electron chi connectivity index (χ0n) is 23.5. The van der Waals surface area contributed by atoms with E-state index in [1.54, 1.807) is 9.75 Å². The lowest BCUT2D eigenvalue weighted by Crippen LogP contribution is -2.01. The maximum Gasteiger partial charge on any atom is 0.0442 e. The summed E-state index contributed by atoms with van der Waals surface area (Å²) in [5.41, 5.74) is 2.86. The van der Waals surface area contributed by atoms with Crippen LogP contribution in [0, 0.1) is 11.8 Å². The summed E-state index contributed by atoms with van der Waals surface area (Å²) < 4.78 is 2.89. The third-order valence-electron chi connectivity index (χ3n) is 8.20. The minimum atomic E-state index is 0.819. The van der Waals surface area contributed by atoms with Crippen LogP contribution in [0.2, 0.25) is 0 Å². The van der Waals surface area contributed by atoms with Gasteiger partial charge in [-0.05, 0) is 66.5 Å². The Bertz CT molecular complexity index is 1440. The first kappa shape index (κ1) is 28.1. The molecule has 0 fully saturated rings. The Balaban J connectivity index is 1.44. The van der Waals surface area contributed by atoms with E-state index < -0.39 is 0 Å². The molecule has 202 valence electrons. The molecule has 38 heavy (non-hydrogen) atoms. The fourth-order valence-electron chi connectivity index (χ4n) is 5.74. The summed E-state index contributed by atoms with van der Waals surface area (Å²) in [6.07, 6.45) is 13.1. The van der Waals surface area contributed by atoms with Gasteiger partial charge in [0, 0.05) is 56.2 Å². The summed E-state index contributed by atoms with van der Waals surface area (Å²) >= 11 is 7.88. The van der Waals surface area contributed by atoms with Gasteiger partial charge in [0.1, 0.15) is 0 Å². The molecule has 5 rings (SSSR count). The summed E-state index contributed by atoms with van der Waals surface area (Å²) in [5, 5.41) is 7.60. The first-order chi connectivity index (χ1) is 18.6. The third kappa shape index (κ3) is 6.14. The molecule has 0 bridgehead atoms. The standard InChI is InChI=1S/C34H42S4/c1-5-9-11-23(7-3)19-25-13-15-30(37-25)28-21-32-33(34-27(28)17-18-35-34)29(22-36-32)31-16-14-26(38-31)20-24(8-4)12-10-6-2/h13-18,21-24H,5-12,19-20H2,1-4H3. The molecule has 2 atom stereocenters. The van der Waals surface area contributed by atoms with Gasteiger partial charge in [0.05, 0.1) is 0 Å². The second-order valence-electron chi connectivity index (χ2n) is 10.9. The van der Waals surface area contributed by atoms with Gasteiger partial charge in [0.25, 0.3) is 0 Å². The van der Waals surface area contributed by atoms with Crippen molar-refractivity contribution in [2.24, 2.45) is 11.8 Å². The molecule has 0 saturated carbocycles. The largest absolute Gasteiger partial charge is 0.143 e. The predicted molar refractivity (Wildman–Crippen MR) is 178 cm³/mol. The van der Waals surface area contributed by atoms with Crippen LogP contribution in [0.1, 0.15) is 88.8 Å². The van der Waals surface area contributed by atoms with Crippen LogP contribution in [-0.2, 0) is 12.8 Å². The zero-order valence-corrected chi connectivity index (χ0v) is 26.7. The van der Waals surface area contributed by atoms with Crippen LogP contribution in [-0.4, -0.2) is 0 Å². The smallest absolute Gasteiger partial charge is 0.0442 e. The van der Waals surface area contributed by atoms with Gasteiger partial charge in [-0.1, -0.05) is 79.1 Å². The van der Waals surface area contributed by atoms with Crippen molar-refractivity contribution in [1.82, 2.24) is 0 Å². The number of hydrogen-bond donors (Lipinski definition) is 0. The Morgan fingerprint density at radius 1 is 0.684 bits per heavy atom. The lowest BCUT2D eigenvalue weighted by Gasteiger charge is -2.12. The molecule has 0 N–H and O–H groups in total. The lowest BCUT2D eigenvalue weighted by molar-refractivity contribution is 0.452. The van der Waals surface area contributed by atoms with E-state index in [0.29, 0.717) is 0 Å². The molecule has 4 heterocycles. The van der Waals surface area contributed by atoms with E-state index in [1.807, 2.05) is 45.3 Å². The van der Waals surface area contributed by atoms with Crippen LogP contribution >= 0.6 is 45.3 Å². The Morgan fingerprint density at radius 2 is 1.29 bits per heavy atom. The molecule has 1 aromatic carbocycles. The second kappa shape index (κ2) is 13.3. The molecule has 0 amide bonds. The van der Waals surface area contributed by atoms with Crippen molar-refractivity contribution >= 4 is 65.5 Å². The van der Waals surface area contributed by atoms with E-state index in [-0.39, 0.29) is 0 Å². The molecule has 0 nitrogen and oxygen atoms in total. The van der Waals surface area contributed by atoms with Gasteiger partial charge in [-0.15, -0.1) is 45.3 Å². The predicted octanol–water partition coefficient (Wildman–Crippen LogP) is 13.1. The minimum Gasteiger partial charge on any atom is -0.143 e. The average Bonchev–Trinajstić information content (AvgIpc) is 3.74. The first-order valence-electron chi connectivity index (χ1n) is 14.7. The van der Waals surface area contributed by atoms with E-state index >= 15 is 0 Å². The van der Waals surface area contributed by atoms with Crippen LogP contribution in [0.4, 0.5) is 0 Å². The monoisotopic (exact) mass is 578 g/mol. The van der Waals surface area contributed by atoms with Crippen LogP contribution in [0.3, 0.4) is 0 Å². The summed E-state index contributed by atoms with van der Waals surface area (Å²) in [5.74, 6) is 1.64. The normalized spacial score (nSPS) is 13.6. The van der Waals surface area contributed by atoms with E-state index in [0.717, 1.165) is 11.8 Å². The number of unbranched alkanes of at least 4 members (excludes halogenated alkanes) is 2. The maximum atomic E-state index is 2.48. The van der Waals surface area contributed by atoms with Crippen molar-refractivity contribution < 1.29 is 0 Å². The number of thiophene rings is 4. The van der Waals surface area contributed by atoms with Gasteiger partial charge < -0.3 is 0 Å². The maximum absolute atomic E-state index is 2.48. The number of rotatable bonds is 14. The van der Waals surface area contributed by atoms with Gasteiger partial charge in [0.2, 0.25) is 0 Å². The number of hydrogen-bond acceptors (Lipinski definition) is 4. The van der Waals surface area contributed by atoms with E-state index in [4.69, 9.17) is 0 Å². The molecule has 5 aromatic rings. The molecule has 0 radical (unpaired) electrons. The van der Waals surface area contributed by atoms with Crippen molar-refractivity contribution in [1.29, 1.82) is 0 Å². The molecule has 0 aliphatic heterocycles. The van der Waals surface area contributed by atoms with Crippen molar-refractivity contribution in [3.63, 3.8) is 0 Å². The molecule has 4 heteroatoms. The van der Waals surface area contributed by atoms with E-state index in [9.17, 15) is 0 Å². The van der Waals surface area contributed by atoms with Crippen LogP contribution in [0.15, 0.2) is 47.2 Å². The van der Waals surface area contributed by atoms with Gasteiger partial charge in [-0.2, -0.15) is 0 Å². The minimum absolute atomic E-state index is 0.819. The molecular formula is C34H42S4. The highest BCUT2D eigenvalue weighted by Gasteiger charge is 2.18. The summed E-state index contributed by atoms with van der Waals surface area (Å²) in [6.45, 7) is 9.33. The lowest BCUT2D eigenvalue weighted by atomic mass is 9.95. The average molecular weight is 579 g/mol. The molecule has 2 unspecified atom stereocenters. The Labute approximate surface area is 245 Å². The highest BCUT2D eigenvalue weighted by Crippen LogP contribution is 2.47. The fourth-order valence-corrected chi connectivity index (χ4v) is 10.2. The molecular weight excluding hydrogens is 537 g/mol. The Hall–Kier alpha value is -1.46. The van der Waals surface area contributed by atoms with E-state index in [2.05, 4.69) is 74.9 Å². The first-order valence-corrected chi connectivity index (χ1v) is 18.1. The Kier molecular flexibility index (Phi) is 9.80. The van der Waals surface area contributed by atoms with Crippen molar-refractivity contribution in [3.8, 4) is 20.9 Å². The second-order valence-corrected chi connectivity index (χ2v) is 15.0. The fraction of sp³-hybridized carbons (Fsp3) is 0.471. The van der Waals surface area contributed by atoms with Crippen LogP contribution in [0.25, 0.3) is 41.1 Å². The van der Waals surface area contributed by atoms with E-state index in [1.165, 1.54) is 105 Å². The highest BCUT2D eigenvalue weighted by atomic mass is 32.1. The molecule has 0 aliphatic rings. The van der Waals surface area contributed by atoms with Gasteiger partial charge in [-0.3, -0.25) is 0 Å². The highest BCUT2D eigenvalue weighted by molar-refractivity contribution is 7.22. The Morgan fingerprint density at radius 3 is 1.87 bits per heavy atom. The van der Waals surface area contributed by atoms with Gasteiger partial charge in [0.15, 0.2) is 0 Å². The van der Waals surface area contributed by atoms with Crippen LogP contribution in [0.5, 0.6) is 0 Å². The molecule has 0 saturated heterocycles. The summed E-state index contributed by atoms with van der Waals surface area (Å²) in [4.78, 5) is 5.97. The quantitative estimate of drug-likeness (QED) is 0.123. The van der Waals surface area contributed by atoms with Gasteiger partial charge in [-0.25, -0.2) is 0 Å². The summed E-state index contributed by atoms with van der Waals surface area (Å²) in [7, 11) is 0. The summed E-state index contributed by atoms with van der Waals surface area (Å²) in [6, 6.07) is 14.4. The van der Waals surface area contributed by atoms with Gasteiger partial charge >= 0.3 is 0 Å². The topological polar surface area (TPSA) is 0 Å². The molecule has 4 aromatic heterocycles. The van der Waals surface area contributed by atoms with Crippen molar-refractivity contribution in [2.75, 3.05) is 0 Å².